The van der Waals surface area contributed by atoms with Gasteiger partial charge in [0.15, 0.2) is 4.34 Å². The molecular weight excluding hydrogens is 306 g/mol. The van der Waals surface area contributed by atoms with E-state index < -0.39 is 0 Å². The van der Waals surface area contributed by atoms with Gasteiger partial charge in [0.05, 0.1) is 5.75 Å². The molecule has 3 heterocycles. The minimum Gasteiger partial charge on any atom is -0.311 e. The van der Waals surface area contributed by atoms with Crippen molar-refractivity contribution in [2.45, 2.75) is 10.8 Å². The zero-order chi connectivity index (χ0) is 14.2. The summed E-state index contributed by atoms with van der Waals surface area (Å²) in [5, 5.41) is 12.0. The lowest BCUT2D eigenvalue weighted by Gasteiger charge is -2.16. The molecule has 0 radical (unpaired) electrons. The van der Waals surface area contributed by atoms with E-state index in [0.717, 1.165) is 28.0 Å². The summed E-state index contributed by atoms with van der Waals surface area (Å²) in [5.74, 6) is 0.509. The molecule has 21 heavy (non-hydrogen) atoms. The fourth-order valence-corrected chi connectivity index (χ4v) is 4.14. The van der Waals surface area contributed by atoms with Gasteiger partial charge in [-0.1, -0.05) is 41.3 Å². The Bertz CT molecular complexity index is 783. The number of hydrogen-bond donors (Lipinski definition) is 0. The molecule has 0 spiro atoms. The summed E-state index contributed by atoms with van der Waals surface area (Å²) in [6, 6.07) is 8.08. The van der Waals surface area contributed by atoms with Gasteiger partial charge in [-0.2, -0.15) is 4.52 Å². The quantitative estimate of drug-likeness (QED) is 0.690. The molecule has 0 unspecified atom stereocenters. The molecule has 0 N–H and O–H groups in total. The fraction of sp³-hybridized carbons (Fsp3) is 0.231. The van der Waals surface area contributed by atoms with Crippen molar-refractivity contribution >= 4 is 39.7 Å². The summed E-state index contributed by atoms with van der Waals surface area (Å²) in [6.07, 6.45) is 2.50. The van der Waals surface area contributed by atoms with Crippen LogP contribution in [0.2, 0.25) is 0 Å². The van der Waals surface area contributed by atoms with E-state index in [0.29, 0.717) is 5.75 Å². The third-order valence-electron chi connectivity index (χ3n) is 3.38. The zero-order valence-electron chi connectivity index (χ0n) is 11.0. The molecule has 106 valence electrons. The minimum atomic E-state index is 0.121. The van der Waals surface area contributed by atoms with Crippen LogP contribution in [0.3, 0.4) is 0 Å². The van der Waals surface area contributed by atoms with Crippen LogP contribution < -0.4 is 4.90 Å². The lowest BCUT2D eigenvalue weighted by Crippen LogP contribution is -2.30. The minimum absolute atomic E-state index is 0.121. The number of aromatic nitrogens is 4. The predicted molar refractivity (Wildman–Crippen MR) is 81.9 cm³/mol. The molecule has 0 aliphatic carbocycles. The first-order chi connectivity index (χ1) is 10.3. The monoisotopic (exact) mass is 317 g/mol. The van der Waals surface area contributed by atoms with Gasteiger partial charge in [-0.15, -0.1) is 15.3 Å². The second-order valence-electron chi connectivity index (χ2n) is 4.64. The average Bonchev–Trinajstić information content (AvgIpc) is 3.18. The molecule has 1 aromatic carbocycles. The number of para-hydroxylation sites is 1. The molecule has 1 amide bonds. The van der Waals surface area contributed by atoms with Gasteiger partial charge in [-0.3, -0.25) is 4.79 Å². The van der Waals surface area contributed by atoms with Crippen LogP contribution in [0.4, 0.5) is 5.69 Å². The highest BCUT2D eigenvalue weighted by atomic mass is 32.2. The number of amides is 1. The first kappa shape index (κ1) is 12.8. The molecular formula is C13H11N5OS2. The first-order valence-electron chi connectivity index (χ1n) is 6.49. The van der Waals surface area contributed by atoms with Crippen LogP contribution in [0, 0.1) is 0 Å². The number of benzene rings is 1. The van der Waals surface area contributed by atoms with Crippen LogP contribution in [-0.2, 0) is 11.2 Å². The lowest BCUT2D eigenvalue weighted by molar-refractivity contribution is -0.116. The van der Waals surface area contributed by atoms with E-state index in [1.807, 2.05) is 23.1 Å². The fourth-order valence-electron chi connectivity index (χ4n) is 2.40. The summed E-state index contributed by atoms with van der Waals surface area (Å²) < 4.78 is 2.46. The maximum absolute atomic E-state index is 12.4. The third-order valence-corrected chi connectivity index (χ3v) is 5.41. The first-order valence-corrected chi connectivity index (χ1v) is 8.29. The highest BCUT2D eigenvalue weighted by Crippen LogP contribution is 2.29. The predicted octanol–water partition coefficient (Wildman–Crippen LogP) is 1.87. The van der Waals surface area contributed by atoms with Gasteiger partial charge >= 0.3 is 0 Å². The molecule has 0 fully saturated rings. The smallest absolute Gasteiger partial charge is 0.237 e. The molecule has 0 atom stereocenters. The van der Waals surface area contributed by atoms with E-state index in [4.69, 9.17) is 0 Å². The third kappa shape index (κ3) is 2.30. The van der Waals surface area contributed by atoms with E-state index in [-0.39, 0.29) is 5.91 Å². The van der Waals surface area contributed by atoms with Gasteiger partial charge in [0.25, 0.3) is 0 Å². The Balaban J connectivity index is 1.46. The molecule has 1 aliphatic heterocycles. The van der Waals surface area contributed by atoms with Crippen LogP contribution in [0.1, 0.15) is 5.56 Å². The Morgan fingerprint density at radius 2 is 2.29 bits per heavy atom. The number of anilines is 1. The van der Waals surface area contributed by atoms with E-state index >= 15 is 0 Å². The molecule has 0 saturated heterocycles. The topological polar surface area (TPSA) is 63.4 Å². The number of rotatable bonds is 3. The maximum Gasteiger partial charge on any atom is 0.237 e. The van der Waals surface area contributed by atoms with Crippen molar-refractivity contribution in [2.24, 2.45) is 0 Å². The molecule has 6 nitrogen and oxygen atoms in total. The van der Waals surface area contributed by atoms with Gasteiger partial charge < -0.3 is 4.90 Å². The average molecular weight is 317 g/mol. The van der Waals surface area contributed by atoms with Crippen molar-refractivity contribution in [3.8, 4) is 0 Å². The Hall–Kier alpha value is -1.93. The summed E-state index contributed by atoms with van der Waals surface area (Å²) in [5.41, 5.74) is 2.29. The molecule has 4 rings (SSSR count). The van der Waals surface area contributed by atoms with Crippen LogP contribution in [0.5, 0.6) is 0 Å². The number of carbonyl (C=O) groups excluding carboxylic acids is 1. The van der Waals surface area contributed by atoms with Crippen molar-refractivity contribution in [2.75, 3.05) is 17.2 Å². The van der Waals surface area contributed by atoms with Gasteiger partial charge in [0.2, 0.25) is 10.9 Å². The molecule has 2 aromatic heterocycles. The zero-order valence-corrected chi connectivity index (χ0v) is 12.6. The molecule has 8 heteroatoms. The van der Waals surface area contributed by atoms with E-state index in [2.05, 4.69) is 21.4 Å². The number of hydrogen-bond acceptors (Lipinski definition) is 6. The molecule has 1 aliphatic rings. The van der Waals surface area contributed by atoms with E-state index in [9.17, 15) is 4.79 Å². The molecule has 3 aromatic rings. The van der Waals surface area contributed by atoms with E-state index in [1.165, 1.54) is 28.7 Å². The second kappa shape index (κ2) is 5.12. The maximum atomic E-state index is 12.4. The van der Waals surface area contributed by atoms with Crippen LogP contribution in [0.25, 0.3) is 4.96 Å². The highest BCUT2D eigenvalue weighted by molar-refractivity contribution is 8.01. The van der Waals surface area contributed by atoms with Gasteiger partial charge in [0.1, 0.15) is 6.33 Å². The molecule has 0 bridgehead atoms. The summed E-state index contributed by atoms with van der Waals surface area (Å²) in [4.78, 5) is 15.0. The van der Waals surface area contributed by atoms with Crippen LogP contribution >= 0.6 is 23.1 Å². The van der Waals surface area contributed by atoms with Gasteiger partial charge in [-0.25, -0.2) is 0 Å². The number of fused-ring (bicyclic) bond motifs is 2. The Morgan fingerprint density at radius 1 is 1.38 bits per heavy atom. The van der Waals surface area contributed by atoms with E-state index in [1.54, 1.807) is 10.8 Å². The van der Waals surface area contributed by atoms with Crippen molar-refractivity contribution in [3.05, 3.63) is 36.2 Å². The largest absolute Gasteiger partial charge is 0.311 e. The number of nitrogens with zero attached hydrogens (tertiary/aromatic N) is 5. The van der Waals surface area contributed by atoms with Crippen molar-refractivity contribution < 1.29 is 4.79 Å². The Kier molecular flexibility index (Phi) is 3.12. The Morgan fingerprint density at radius 3 is 3.19 bits per heavy atom. The number of carbonyl (C=O) groups is 1. The van der Waals surface area contributed by atoms with Crippen LogP contribution in [-0.4, -0.2) is 38.0 Å². The van der Waals surface area contributed by atoms with Crippen LogP contribution in [0.15, 0.2) is 34.9 Å². The summed E-state index contributed by atoms with van der Waals surface area (Å²) in [7, 11) is 0. The van der Waals surface area contributed by atoms with Crippen molar-refractivity contribution in [1.82, 2.24) is 19.8 Å². The van der Waals surface area contributed by atoms with Crippen molar-refractivity contribution in [3.63, 3.8) is 0 Å². The summed E-state index contributed by atoms with van der Waals surface area (Å²) in [6.45, 7) is 0.768. The molecule has 0 saturated carbocycles. The lowest BCUT2D eigenvalue weighted by atomic mass is 10.2. The normalized spacial score (nSPS) is 13.8. The SMILES string of the molecule is O=C(CSc1nn2cnnc2s1)N1CCc2ccccc21. The highest BCUT2D eigenvalue weighted by Gasteiger charge is 2.24. The summed E-state index contributed by atoms with van der Waals surface area (Å²) >= 11 is 2.89. The second-order valence-corrected chi connectivity index (χ2v) is 6.82. The van der Waals surface area contributed by atoms with Gasteiger partial charge in [-0.05, 0) is 18.1 Å². The van der Waals surface area contributed by atoms with Gasteiger partial charge in [0, 0.05) is 12.2 Å². The number of thioether (sulfide) groups is 1. The standard InChI is InChI=1S/C13H11N5OS2/c19-11(17-6-5-9-3-1-2-4-10(9)17)7-20-13-16-18-8-14-15-12(18)21-13/h1-4,8H,5-7H2. The Labute approximate surface area is 128 Å². The van der Waals surface area contributed by atoms with Crippen molar-refractivity contribution in [1.29, 1.82) is 0 Å².